The Kier molecular flexibility index (Phi) is 6.34. The van der Waals surface area contributed by atoms with Gasteiger partial charge in [0.2, 0.25) is 11.9 Å². The van der Waals surface area contributed by atoms with Crippen LogP contribution in [0.15, 0.2) is 48.8 Å². The fraction of sp³-hybridized carbons (Fsp3) is 0.421. The second-order valence-corrected chi connectivity index (χ2v) is 6.15. The molecule has 0 atom stereocenters. The zero-order valence-electron chi connectivity index (χ0n) is 14.5. The number of anilines is 1. The zero-order valence-corrected chi connectivity index (χ0v) is 14.5. The Labute approximate surface area is 148 Å². The normalized spacial score (nSPS) is 14.6. The maximum atomic E-state index is 12.3. The molecule has 0 spiro atoms. The summed E-state index contributed by atoms with van der Waals surface area (Å²) in [6.45, 7) is 4.68. The Morgan fingerprint density at radius 3 is 2.40 bits per heavy atom. The number of nitrogens with zero attached hydrogens (tertiary/aromatic N) is 4. The lowest BCUT2D eigenvalue weighted by atomic mass is 10.1. The fourth-order valence-electron chi connectivity index (χ4n) is 2.97. The summed E-state index contributed by atoms with van der Waals surface area (Å²) < 4.78 is 0. The van der Waals surface area contributed by atoms with Crippen LogP contribution in [0.4, 0.5) is 5.95 Å². The summed E-state index contributed by atoms with van der Waals surface area (Å²) >= 11 is 0. The van der Waals surface area contributed by atoms with Crippen molar-refractivity contribution in [1.29, 1.82) is 0 Å². The molecule has 25 heavy (non-hydrogen) atoms. The zero-order chi connectivity index (χ0) is 17.3. The predicted molar refractivity (Wildman–Crippen MR) is 98.5 cm³/mol. The van der Waals surface area contributed by atoms with Crippen LogP contribution < -0.4 is 10.2 Å². The lowest BCUT2D eigenvalue weighted by Gasteiger charge is -2.34. The number of benzene rings is 1. The molecule has 1 saturated heterocycles. The molecule has 0 bridgehead atoms. The van der Waals surface area contributed by atoms with E-state index in [2.05, 4.69) is 44.5 Å². The van der Waals surface area contributed by atoms with Gasteiger partial charge in [0.25, 0.3) is 0 Å². The number of nitrogens with one attached hydrogen (secondary N) is 1. The molecule has 0 saturated carbocycles. The molecule has 1 fully saturated rings. The van der Waals surface area contributed by atoms with Crippen LogP contribution in [0, 0.1) is 0 Å². The molecule has 2 heterocycles. The van der Waals surface area contributed by atoms with Gasteiger partial charge in [0, 0.05) is 51.5 Å². The summed E-state index contributed by atoms with van der Waals surface area (Å²) in [5.41, 5.74) is 1.32. The first kappa shape index (κ1) is 17.4. The minimum absolute atomic E-state index is 0.223. The highest BCUT2D eigenvalue weighted by atomic mass is 16.2. The van der Waals surface area contributed by atoms with Crippen molar-refractivity contribution >= 4 is 11.9 Å². The van der Waals surface area contributed by atoms with E-state index in [0.29, 0.717) is 6.42 Å². The standard InChI is InChI=1S/C19H25N5O/c25-18(8-12-20-11-7-17-5-2-1-3-6-17)23-13-15-24(16-14-23)19-21-9-4-10-22-19/h1-6,9-10,20H,7-8,11-16H2. The minimum atomic E-state index is 0.223. The molecule has 0 unspecified atom stereocenters. The molecule has 3 rings (SSSR count). The van der Waals surface area contributed by atoms with Crippen LogP contribution in [-0.2, 0) is 11.2 Å². The Morgan fingerprint density at radius 1 is 0.960 bits per heavy atom. The van der Waals surface area contributed by atoms with Crippen molar-refractivity contribution in [3.05, 3.63) is 54.4 Å². The lowest BCUT2D eigenvalue weighted by molar-refractivity contribution is -0.131. The highest BCUT2D eigenvalue weighted by molar-refractivity contribution is 5.76. The topological polar surface area (TPSA) is 61.4 Å². The Bertz CT molecular complexity index is 641. The third-order valence-electron chi connectivity index (χ3n) is 4.42. The second kappa shape index (κ2) is 9.13. The Hall–Kier alpha value is -2.47. The average Bonchev–Trinajstić information content (AvgIpc) is 2.69. The molecule has 1 aliphatic rings. The number of carbonyl (C=O) groups excluding carboxylic acids is 1. The van der Waals surface area contributed by atoms with Crippen molar-refractivity contribution in [2.45, 2.75) is 12.8 Å². The van der Waals surface area contributed by atoms with Crippen LogP contribution in [0.25, 0.3) is 0 Å². The van der Waals surface area contributed by atoms with E-state index < -0.39 is 0 Å². The van der Waals surface area contributed by atoms with Crippen LogP contribution in [0.5, 0.6) is 0 Å². The van der Waals surface area contributed by atoms with Gasteiger partial charge in [-0.25, -0.2) is 9.97 Å². The summed E-state index contributed by atoms with van der Waals surface area (Å²) in [7, 11) is 0. The van der Waals surface area contributed by atoms with E-state index in [1.54, 1.807) is 12.4 Å². The van der Waals surface area contributed by atoms with Crippen molar-refractivity contribution < 1.29 is 4.79 Å². The molecular weight excluding hydrogens is 314 g/mol. The molecule has 1 aromatic carbocycles. The largest absolute Gasteiger partial charge is 0.339 e. The van der Waals surface area contributed by atoms with Crippen molar-refractivity contribution in [1.82, 2.24) is 20.2 Å². The summed E-state index contributed by atoms with van der Waals surface area (Å²) in [4.78, 5) is 24.9. The van der Waals surface area contributed by atoms with Gasteiger partial charge in [0.1, 0.15) is 0 Å². The molecule has 0 aliphatic carbocycles. The van der Waals surface area contributed by atoms with Gasteiger partial charge in [0.05, 0.1) is 0 Å². The number of rotatable bonds is 7. The molecule has 1 aliphatic heterocycles. The van der Waals surface area contributed by atoms with Gasteiger partial charge in [-0.05, 0) is 24.6 Å². The van der Waals surface area contributed by atoms with E-state index >= 15 is 0 Å². The SMILES string of the molecule is O=C(CCNCCc1ccccc1)N1CCN(c2ncccn2)CC1. The second-order valence-electron chi connectivity index (χ2n) is 6.15. The van der Waals surface area contributed by atoms with Crippen LogP contribution in [-0.4, -0.2) is 60.0 Å². The fourth-order valence-corrected chi connectivity index (χ4v) is 2.97. The molecule has 1 N–H and O–H groups in total. The van der Waals surface area contributed by atoms with Gasteiger partial charge < -0.3 is 15.1 Å². The van der Waals surface area contributed by atoms with Crippen LogP contribution >= 0.6 is 0 Å². The van der Waals surface area contributed by atoms with Crippen LogP contribution in [0.3, 0.4) is 0 Å². The van der Waals surface area contributed by atoms with Gasteiger partial charge in [-0.2, -0.15) is 0 Å². The average molecular weight is 339 g/mol. The van der Waals surface area contributed by atoms with E-state index in [-0.39, 0.29) is 5.91 Å². The number of aromatic nitrogens is 2. The van der Waals surface area contributed by atoms with Crippen LogP contribution in [0.2, 0.25) is 0 Å². The number of piperazine rings is 1. The molecule has 6 nitrogen and oxygen atoms in total. The summed E-state index contributed by atoms with van der Waals surface area (Å²) in [6, 6.07) is 12.2. The number of hydrogen-bond donors (Lipinski definition) is 1. The monoisotopic (exact) mass is 339 g/mol. The Balaban J connectivity index is 1.31. The van der Waals surface area contributed by atoms with Gasteiger partial charge in [-0.1, -0.05) is 30.3 Å². The Morgan fingerprint density at radius 2 is 1.68 bits per heavy atom. The third-order valence-corrected chi connectivity index (χ3v) is 4.42. The summed E-state index contributed by atoms with van der Waals surface area (Å²) in [5.74, 6) is 0.970. The van der Waals surface area contributed by atoms with Crippen molar-refractivity contribution in [2.75, 3.05) is 44.2 Å². The molecule has 132 valence electrons. The maximum Gasteiger partial charge on any atom is 0.225 e. The van der Waals surface area contributed by atoms with Crippen molar-refractivity contribution in [3.8, 4) is 0 Å². The lowest BCUT2D eigenvalue weighted by Crippen LogP contribution is -2.49. The van der Waals surface area contributed by atoms with Crippen LogP contribution in [0.1, 0.15) is 12.0 Å². The third kappa shape index (κ3) is 5.26. The smallest absolute Gasteiger partial charge is 0.225 e. The minimum Gasteiger partial charge on any atom is -0.339 e. The van der Waals surface area contributed by atoms with Crippen molar-refractivity contribution in [2.24, 2.45) is 0 Å². The van der Waals surface area contributed by atoms with Crippen molar-refractivity contribution in [3.63, 3.8) is 0 Å². The van der Waals surface area contributed by atoms with E-state index in [0.717, 1.165) is 51.6 Å². The number of carbonyl (C=O) groups is 1. The van der Waals surface area contributed by atoms with Gasteiger partial charge >= 0.3 is 0 Å². The quantitative estimate of drug-likeness (QED) is 0.772. The molecular formula is C19H25N5O. The first-order valence-electron chi connectivity index (χ1n) is 8.87. The molecule has 6 heteroatoms. The van der Waals surface area contributed by atoms with E-state index in [1.165, 1.54) is 5.56 Å². The maximum absolute atomic E-state index is 12.3. The molecule has 1 amide bonds. The summed E-state index contributed by atoms with van der Waals surface area (Å²) in [5, 5.41) is 3.36. The first-order valence-corrected chi connectivity index (χ1v) is 8.87. The first-order chi connectivity index (χ1) is 12.3. The van der Waals surface area contributed by atoms with E-state index in [4.69, 9.17) is 0 Å². The number of amides is 1. The molecule has 2 aromatic rings. The molecule has 0 radical (unpaired) electrons. The summed E-state index contributed by atoms with van der Waals surface area (Å²) in [6.07, 6.45) is 5.04. The highest BCUT2D eigenvalue weighted by Crippen LogP contribution is 2.10. The van der Waals surface area contributed by atoms with Gasteiger partial charge in [-0.3, -0.25) is 4.79 Å². The number of hydrogen-bond acceptors (Lipinski definition) is 5. The van der Waals surface area contributed by atoms with Gasteiger partial charge in [0.15, 0.2) is 0 Å². The predicted octanol–water partition coefficient (Wildman–Crippen LogP) is 1.35. The van der Waals surface area contributed by atoms with Gasteiger partial charge in [-0.15, -0.1) is 0 Å². The van der Waals surface area contributed by atoms with E-state index in [9.17, 15) is 4.79 Å². The molecule has 1 aromatic heterocycles. The highest BCUT2D eigenvalue weighted by Gasteiger charge is 2.21. The van der Waals surface area contributed by atoms with E-state index in [1.807, 2.05) is 17.0 Å².